The smallest absolute Gasteiger partial charge is 0.282 e. The van der Waals surface area contributed by atoms with Gasteiger partial charge in [-0.15, -0.1) is 5.10 Å². The normalized spacial score (nSPS) is 11.7. The molecule has 21 heavy (non-hydrogen) atoms. The molecule has 3 aromatic rings. The topological polar surface area (TPSA) is 102 Å². The fourth-order valence-electron chi connectivity index (χ4n) is 2.00. The zero-order chi connectivity index (χ0) is 15.0. The molecule has 0 aliphatic rings. The second kappa shape index (κ2) is 4.76. The number of carbonyl (C=O) groups is 1. The molecule has 0 bridgehead atoms. The van der Waals surface area contributed by atoms with Crippen LogP contribution in [0.4, 0.5) is 0 Å². The van der Waals surface area contributed by atoms with Gasteiger partial charge in [0.1, 0.15) is 10.4 Å². The molecule has 2 aromatic carbocycles. The second-order valence-corrected chi connectivity index (χ2v) is 5.66. The first-order chi connectivity index (χ1) is 9.98. The molecule has 0 fully saturated rings. The molecule has 0 unspecified atom stereocenters. The van der Waals surface area contributed by atoms with Gasteiger partial charge in [-0.1, -0.05) is 29.5 Å². The Bertz CT molecular complexity index is 947. The average molecular weight is 303 g/mol. The van der Waals surface area contributed by atoms with Crippen LogP contribution < -0.4 is 0 Å². The van der Waals surface area contributed by atoms with Crippen molar-refractivity contribution in [3.05, 3.63) is 54.1 Å². The number of para-hydroxylation sites is 1. The molecule has 0 atom stereocenters. The van der Waals surface area contributed by atoms with Crippen molar-refractivity contribution in [2.24, 2.45) is 0 Å². The van der Waals surface area contributed by atoms with E-state index in [0.29, 0.717) is 11.0 Å². The van der Waals surface area contributed by atoms with E-state index in [0.717, 1.165) is 10.7 Å². The molecule has 0 aliphatic carbocycles. The van der Waals surface area contributed by atoms with Crippen molar-refractivity contribution in [1.29, 1.82) is 0 Å². The molecule has 0 saturated heterocycles. The van der Waals surface area contributed by atoms with Crippen LogP contribution in [0.5, 0.6) is 0 Å². The lowest BCUT2D eigenvalue weighted by Crippen LogP contribution is -2.17. The first-order valence-electron chi connectivity index (χ1n) is 5.90. The maximum atomic E-state index is 12.5. The number of nitrogens with zero attached hydrogens (tertiary/aromatic N) is 3. The van der Waals surface area contributed by atoms with Gasteiger partial charge in [-0.05, 0) is 24.3 Å². The summed E-state index contributed by atoms with van der Waals surface area (Å²) in [6.07, 6.45) is 0. The predicted molar refractivity (Wildman–Crippen MR) is 73.5 cm³/mol. The van der Waals surface area contributed by atoms with Crippen LogP contribution in [-0.2, 0) is 10.1 Å². The van der Waals surface area contributed by atoms with Crippen molar-refractivity contribution in [3.8, 4) is 0 Å². The first kappa shape index (κ1) is 13.4. The van der Waals surface area contributed by atoms with E-state index < -0.39 is 20.9 Å². The third-order valence-corrected chi connectivity index (χ3v) is 3.85. The Kier molecular flexibility index (Phi) is 3.04. The number of aromatic nitrogens is 3. The van der Waals surface area contributed by atoms with Gasteiger partial charge in [0.05, 0.1) is 11.1 Å². The first-order valence-corrected chi connectivity index (χ1v) is 7.34. The molecule has 0 saturated carbocycles. The van der Waals surface area contributed by atoms with Gasteiger partial charge in [-0.25, -0.2) is 0 Å². The summed E-state index contributed by atoms with van der Waals surface area (Å²) in [7, 11) is -4.51. The summed E-state index contributed by atoms with van der Waals surface area (Å²) >= 11 is 0. The van der Waals surface area contributed by atoms with Gasteiger partial charge < -0.3 is 0 Å². The highest BCUT2D eigenvalue weighted by molar-refractivity contribution is 7.86. The minimum Gasteiger partial charge on any atom is -0.282 e. The highest BCUT2D eigenvalue weighted by atomic mass is 32.2. The van der Waals surface area contributed by atoms with Crippen LogP contribution in [0, 0.1) is 0 Å². The fourth-order valence-corrected chi connectivity index (χ4v) is 2.69. The van der Waals surface area contributed by atoms with Gasteiger partial charge in [-0.2, -0.15) is 13.1 Å². The summed E-state index contributed by atoms with van der Waals surface area (Å²) in [6.45, 7) is 0. The third-order valence-electron chi connectivity index (χ3n) is 2.94. The summed E-state index contributed by atoms with van der Waals surface area (Å²) in [6, 6.07) is 12.2. The van der Waals surface area contributed by atoms with Crippen LogP contribution in [0.15, 0.2) is 53.4 Å². The Morgan fingerprint density at radius 1 is 1.05 bits per heavy atom. The Morgan fingerprint density at radius 2 is 1.71 bits per heavy atom. The molecule has 0 spiro atoms. The van der Waals surface area contributed by atoms with Gasteiger partial charge in [0.15, 0.2) is 0 Å². The second-order valence-electron chi connectivity index (χ2n) is 4.27. The molecule has 0 aliphatic heterocycles. The van der Waals surface area contributed by atoms with E-state index in [1.165, 1.54) is 18.2 Å². The number of hydrogen-bond acceptors (Lipinski definition) is 5. The number of carbonyl (C=O) groups excluding carboxylic acids is 1. The fraction of sp³-hybridized carbons (Fsp3) is 0. The molecule has 3 rings (SSSR count). The zero-order valence-corrected chi connectivity index (χ0v) is 11.4. The lowest BCUT2D eigenvalue weighted by atomic mass is 10.2. The van der Waals surface area contributed by atoms with E-state index in [2.05, 4.69) is 10.3 Å². The summed E-state index contributed by atoms with van der Waals surface area (Å²) < 4.78 is 32.9. The zero-order valence-electron chi connectivity index (χ0n) is 10.5. The van der Waals surface area contributed by atoms with E-state index >= 15 is 0 Å². The van der Waals surface area contributed by atoms with Crippen molar-refractivity contribution in [2.75, 3.05) is 0 Å². The average Bonchev–Trinajstić information content (AvgIpc) is 2.89. The molecule has 7 nitrogen and oxygen atoms in total. The Balaban J connectivity index is 2.20. The quantitative estimate of drug-likeness (QED) is 0.717. The minimum atomic E-state index is -4.51. The summed E-state index contributed by atoms with van der Waals surface area (Å²) in [4.78, 5) is 12.0. The monoisotopic (exact) mass is 303 g/mol. The number of benzene rings is 2. The molecular weight excluding hydrogens is 294 g/mol. The summed E-state index contributed by atoms with van der Waals surface area (Å²) in [5.41, 5.74) is 0.790. The largest absolute Gasteiger partial charge is 0.295 e. The molecular formula is C13H9N3O4S. The van der Waals surface area contributed by atoms with Gasteiger partial charge in [0.25, 0.3) is 16.0 Å². The van der Waals surface area contributed by atoms with Gasteiger partial charge >= 0.3 is 0 Å². The number of hydrogen-bond donors (Lipinski definition) is 1. The molecule has 1 aromatic heterocycles. The Morgan fingerprint density at radius 3 is 2.48 bits per heavy atom. The summed E-state index contributed by atoms with van der Waals surface area (Å²) in [5.74, 6) is -0.683. The molecule has 8 heteroatoms. The van der Waals surface area contributed by atoms with Crippen molar-refractivity contribution < 1.29 is 17.8 Å². The van der Waals surface area contributed by atoms with E-state index in [4.69, 9.17) is 0 Å². The minimum absolute atomic E-state index is 0.171. The maximum absolute atomic E-state index is 12.5. The van der Waals surface area contributed by atoms with Gasteiger partial charge in [0, 0.05) is 0 Å². The standard InChI is InChI=1S/C13H9N3O4S/c17-13(9-5-1-4-8-12(9)21(18,19)20)16-11-7-3-2-6-10(11)14-15-16/h1-8H,(H,18,19,20). The van der Waals surface area contributed by atoms with Crippen LogP contribution in [-0.4, -0.2) is 33.9 Å². The van der Waals surface area contributed by atoms with Crippen molar-refractivity contribution in [1.82, 2.24) is 15.0 Å². The highest BCUT2D eigenvalue weighted by Crippen LogP contribution is 2.18. The van der Waals surface area contributed by atoms with Crippen LogP contribution in [0.25, 0.3) is 11.0 Å². The van der Waals surface area contributed by atoms with Crippen LogP contribution in [0.1, 0.15) is 10.4 Å². The van der Waals surface area contributed by atoms with Crippen LogP contribution in [0.3, 0.4) is 0 Å². The van der Waals surface area contributed by atoms with Gasteiger partial charge in [0.2, 0.25) is 0 Å². The Labute approximate surface area is 119 Å². The predicted octanol–water partition coefficient (Wildman–Crippen LogP) is 1.37. The lowest BCUT2D eigenvalue weighted by molar-refractivity contribution is 0.0944. The van der Waals surface area contributed by atoms with Crippen LogP contribution in [0.2, 0.25) is 0 Å². The molecule has 1 N–H and O–H groups in total. The summed E-state index contributed by atoms with van der Waals surface area (Å²) in [5, 5.41) is 7.57. The van der Waals surface area contributed by atoms with E-state index in [1.54, 1.807) is 24.3 Å². The van der Waals surface area contributed by atoms with Crippen molar-refractivity contribution >= 4 is 27.1 Å². The van der Waals surface area contributed by atoms with E-state index in [1.807, 2.05) is 0 Å². The molecule has 1 heterocycles. The molecule has 0 amide bonds. The maximum Gasteiger partial charge on any atom is 0.295 e. The van der Waals surface area contributed by atoms with E-state index in [-0.39, 0.29) is 5.56 Å². The van der Waals surface area contributed by atoms with E-state index in [9.17, 15) is 17.8 Å². The molecule has 0 radical (unpaired) electrons. The molecule has 106 valence electrons. The number of fused-ring (bicyclic) bond motifs is 1. The third kappa shape index (κ3) is 2.30. The Hall–Kier alpha value is -2.58. The lowest BCUT2D eigenvalue weighted by Gasteiger charge is -2.05. The van der Waals surface area contributed by atoms with Gasteiger partial charge in [-0.3, -0.25) is 9.35 Å². The number of rotatable bonds is 2. The van der Waals surface area contributed by atoms with Crippen molar-refractivity contribution in [2.45, 2.75) is 4.90 Å². The highest BCUT2D eigenvalue weighted by Gasteiger charge is 2.22. The SMILES string of the molecule is O=C(c1ccccc1S(=O)(=O)O)n1nnc2ccccc21. The van der Waals surface area contributed by atoms with Crippen molar-refractivity contribution in [3.63, 3.8) is 0 Å². The van der Waals surface area contributed by atoms with Crippen LogP contribution >= 0.6 is 0 Å².